The van der Waals surface area contributed by atoms with E-state index in [-0.39, 0.29) is 23.3 Å². The number of anilines is 1. The molecule has 1 aromatic rings. The lowest BCUT2D eigenvalue weighted by Gasteiger charge is -2.17. The van der Waals surface area contributed by atoms with Gasteiger partial charge in [-0.05, 0) is 43.0 Å². The van der Waals surface area contributed by atoms with Gasteiger partial charge in [0, 0.05) is 11.6 Å². The molecule has 3 N–H and O–H groups in total. The van der Waals surface area contributed by atoms with Gasteiger partial charge in [-0.25, -0.2) is 0 Å². The fourth-order valence-corrected chi connectivity index (χ4v) is 2.89. The Kier molecular flexibility index (Phi) is 4.88. The molecule has 2 rings (SSSR count). The third-order valence-corrected chi connectivity index (χ3v) is 3.90. The molecule has 6 heteroatoms. The van der Waals surface area contributed by atoms with Gasteiger partial charge in [-0.15, -0.1) is 0 Å². The first kappa shape index (κ1) is 15.8. The van der Waals surface area contributed by atoms with Gasteiger partial charge in [0.2, 0.25) is 5.91 Å². The maximum atomic E-state index is 12.4. The first-order valence-electron chi connectivity index (χ1n) is 7.05. The number of hydrogen-bond donors (Lipinski definition) is 2. The Hall–Kier alpha value is -1.56. The van der Waals surface area contributed by atoms with Crippen molar-refractivity contribution in [2.45, 2.75) is 31.9 Å². The summed E-state index contributed by atoms with van der Waals surface area (Å²) in [4.78, 5) is 12.2. The van der Waals surface area contributed by atoms with Crippen molar-refractivity contribution in [1.82, 2.24) is 0 Å². The normalized spacial score (nSPS) is 22.3. The summed E-state index contributed by atoms with van der Waals surface area (Å²) < 4.78 is 37.1. The molecule has 1 saturated carbocycles. The van der Waals surface area contributed by atoms with E-state index in [1.807, 2.05) is 0 Å². The predicted molar refractivity (Wildman–Crippen MR) is 74.7 cm³/mol. The van der Waals surface area contributed by atoms with Crippen molar-refractivity contribution in [3.8, 4) is 0 Å². The number of carbonyl (C=O) groups is 1. The first-order chi connectivity index (χ1) is 9.89. The van der Waals surface area contributed by atoms with E-state index in [1.54, 1.807) is 6.07 Å². The zero-order chi connectivity index (χ0) is 15.5. The summed E-state index contributed by atoms with van der Waals surface area (Å²) in [5.74, 6) is -0.114. The van der Waals surface area contributed by atoms with Crippen molar-refractivity contribution >= 4 is 11.6 Å². The second-order valence-electron chi connectivity index (χ2n) is 5.51. The molecule has 0 saturated heterocycles. The number of benzene rings is 1. The van der Waals surface area contributed by atoms with E-state index in [0.717, 1.165) is 19.3 Å². The van der Waals surface area contributed by atoms with Crippen LogP contribution in [-0.2, 0) is 11.2 Å². The predicted octanol–water partition coefficient (Wildman–Crippen LogP) is 3.10. The quantitative estimate of drug-likeness (QED) is 0.897. The molecule has 0 heterocycles. The topological polar surface area (TPSA) is 55.1 Å². The fourth-order valence-electron chi connectivity index (χ4n) is 2.89. The minimum Gasteiger partial charge on any atom is -0.330 e. The van der Waals surface area contributed by atoms with Crippen LogP contribution in [0.15, 0.2) is 24.3 Å². The molecular formula is C15H19F3N2O. The number of nitrogens with one attached hydrogen (secondary N) is 1. The van der Waals surface area contributed by atoms with Gasteiger partial charge in [0.15, 0.2) is 0 Å². The standard InChI is InChI=1S/C15H19F3N2O/c16-15(17,18)8-10-3-1-5-12(7-10)20-14(21)13-6-2-4-11(13)9-19/h1,3,5,7,11,13H,2,4,6,8-9,19H2,(H,20,21)/t11-,13-/m1/s1. The molecule has 1 aliphatic rings. The van der Waals surface area contributed by atoms with Crippen LogP contribution in [0.2, 0.25) is 0 Å². The van der Waals surface area contributed by atoms with E-state index in [9.17, 15) is 18.0 Å². The minimum atomic E-state index is -4.25. The van der Waals surface area contributed by atoms with Crippen LogP contribution in [0, 0.1) is 11.8 Å². The van der Waals surface area contributed by atoms with Crippen molar-refractivity contribution in [1.29, 1.82) is 0 Å². The lowest BCUT2D eigenvalue weighted by Crippen LogP contribution is -2.29. The highest BCUT2D eigenvalue weighted by atomic mass is 19.4. The molecule has 0 bridgehead atoms. The van der Waals surface area contributed by atoms with Crippen molar-refractivity contribution in [3.05, 3.63) is 29.8 Å². The third-order valence-electron chi connectivity index (χ3n) is 3.90. The second-order valence-corrected chi connectivity index (χ2v) is 5.51. The summed E-state index contributed by atoms with van der Waals surface area (Å²) in [5.41, 5.74) is 6.19. The molecule has 116 valence electrons. The maximum absolute atomic E-state index is 12.4. The molecule has 1 fully saturated rings. The lowest BCUT2D eigenvalue weighted by molar-refractivity contribution is -0.127. The van der Waals surface area contributed by atoms with E-state index in [2.05, 4.69) is 5.32 Å². The molecule has 0 radical (unpaired) electrons. The molecule has 2 atom stereocenters. The Morgan fingerprint density at radius 2 is 2.10 bits per heavy atom. The number of halogens is 3. The van der Waals surface area contributed by atoms with Crippen LogP contribution in [0.5, 0.6) is 0 Å². The van der Waals surface area contributed by atoms with Gasteiger partial charge in [-0.2, -0.15) is 13.2 Å². The van der Waals surface area contributed by atoms with Crippen LogP contribution in [0.1, 0.15) is 24.8 Å². The van der Waals surface area contributed by atoms with E-state index in [4.69, 9.17) is 5.73 Å². The Labute approximate surface area is 121 Å². The van der Waals surface area contributed by atoms with Crippen LogP contribution in [0.25, 0.3) is 0 Å². The summed E-state index contributed by atoms with van der Waals surface area (Å²) in [6.07, 6.45) is -2.56. The average Bonchev–Trinajstić information content (AvgIpc) is 2.85. The first-order valence-corrected chi connectivity index (χ1v) is 7.05. The lowest BCUT2D eigenvalue weighted by atomic mass is 9.95. The SMILES string of the molecule is NC[C@H]1CCC[C@H]1C(=O)Nc1cccc(CC(F)(F)F)c1. The Bertz CT molecular complexity index is 502. The van der Waals surface area contributed by atoms with Gasteiger partial charge < -0.3 is 11.1 Å². The van der Waals surface area contributed by atoms with E-state index >= 15 is 0 Å². The van der Waals surface area contributed by atoms with Crippen molar-refractivity contribution < 1.29 is 18.0 Å². The number of amides is 1. The molecule has 0 unspecified atom stereocenters. The van der Waals surface area contributed by atoms with Gasteiger partial charge in [-0.3, -0.25) is 4.79 Å². The zero-order valence-corrected chi connectivity index (χ0v) is 11.6. The number of hydrogen-bond acceptors (Lipinski definition) is 2. The van der Waals surface area contributed by atoms with E-state index < -0.39 is 12.6 Å². The number of carbonyl (C=O) groups excluding carboxylic acids is 1. The molecule has 21 heavy (non-hydrogen) atoms. The molecule has 3 nitrogen and oxygen atoms in total. The molecule has 1 aromatic carbocycles. The van der Waals surface area contributed by atoms with Crippen molar-refractivity contribution in [3.63, 3.8) is 0 Å². The molecule has 0 aromatic heterocycles. The summed E-state index contributed by atoms with van der Waals surface area (Å²) in [6.45, 7) is 0.464. The summed E-state index contributed by atoms with van der Waals surface area (Å²) in [6, 6.07) is 5.90. The second kappa shape index (κ2) is 6.47. The molecule has 1 aliphatic carbocycles. The van der Waals surface area contributed by atoms with Crippen LogP contribution in [-0.4, -0.2) is 18.6 Å². The van der Waals surface area contributed by atoms with Gasteiger partial charge >= 0.3 is 6.18 Å². The minimum absolute atomic E-state index is 0.138. The highest BCUT2D eigenvalue weighted by molar-refractivity contribution is 5.93. The Morgan fingerprint density at radius 3 is 2.76 bits per heavy atom. The van der Waals surface area contributed by atoms with Gasteiger partial charge in [0.1, 0.15) is 0 Å². The van der Waals surface area contributed by atoms with Crippen LogP contribution in [0.4, 0.5) is 18.9 Å². The fraction of sp³-hybridized carbons (Fsp3) is 0.533. The average molecular weight is 300 g/mol. The molecule has 0 spiro atoms. The van der Waals surface area contributed by atoms with Gasteiger partial charge in [0.25, 0.3) is 0 Å². The van der Waals surface area contributed by atoms with Crippen molar-refractivity contribution in [2.24, 2.45) is 17.6 Å². The smallest absolute Gasteiger partial charge is 0.330 e. The van der Waals surface area contributed by atoms with Crippen LogP contribution in [0.3, 0.4) is 0 Å². The summed E-state index contributed by atoms with van der Waals surface area (Å²) in [5, 5.41) is 2.71. The molecular weight excluding hydrogens is 281 g/mol. The zero-order valence-electron chi connectivity index (χ0n) is 11.6. The van der Waals surface area contributed by atoms with Gasteiger partial charge in [0.05, 0.1) is 6.42 Å². The highest BCUT2D eigenvalue weighted by Gasteiger charge is 2.32. The Balaban J connectivity index is 2.02. The number of nitrogens with two attached hydrogens (primary N) is 1. The third kappa shape index (κ3) is 4.46. The number of alkyl halides is 3. The van der Waals surface area contributed by atoms with Crippen molar-refractivity contribution in [2.75, 3.05) is 11.9 Å². The maximum Gasteiger partial charge on any atom is 0.393 e. The van der Waals surface area contributed by atoms with E-state index in [1.165, 1.54) is 18.2 Å². The summed E-state index contributed by atoms with van der Waals surface area (Å²) >= 11 is 0. The van der Waals surface area contributed by atoms with Crippen LogP contribution < -0.4 is 11.1 Å². The monoisotopic (exact) mass is 300 g/mol. The number of rotatable bonds is 4. The van der Waals surface area contributed by atoms with E-state index in [0.29, 0.717) is 12.2 Å². The molecule has 1 amide bonds. The van der Waals surface area contributed by atoms with Gasteiger partial charge in [-0.1, -0.05) is 18.6 Å². The Morgan fingerprint density at radius 1 is 1.33 bits per heavy atom. The molecule has 0 aliphatic heterocycles. The highest BCUT2D eigenvalue weighted by Crippen LogP contribution is 2.32. The summed E-state index contributed by atoms with van der Waals surface area (Å²) in [7, 11) is 0. The van der Waals surface area contributed by atoms with Crippen LogP contribution >= 0.6 is 0 Å². The largest absolute Gasteiger partial charge is 0.393 e.